The van der Waals surface area contributed by atoms with Gasteiger partial charge in [-0.25, -0.2) is 0 Å². The summed E-state index contributed by atoms with van der Waals surface area (Å²) in [6.07, 6.45) is 63.5. The summed E-state index contributed by atoms with van der Waals surface area (Å²) in [6.45, 7) is 2.80. The van der Waals surface area contributed by atoms with Gasteiger partial charge in [-0.3, -0.25) is 4.79 Å². The third-order valence-corrected chi connectivity index (χ3v) is 18.5. The van der Waals surface area contributed by atoms with E-state index in [-0.39, 0.29) is 18.9 Å². The molecular formula is C76H141NO13. The summed E-state index contributed by atoms with van der Waals surface area (Å²) in [5, 5.41) is 87.4. The maximum absolute atomic E-state index is 13.3. The fourth-order valence-electron chi connectivity index (χ4n) is 12.4. The highest BCUT2D eigenvalue weighted by atomic mass is 16.7. The minimum Gasteiger partial charge on any atom is -0.394 e. The van der Waals surface area contributed by atoms with Crippen LogP contribution < -0.4 is 5.32 Å². The van der Waals surface area contributed by atoms with Crippen molar-refractivity contribution in [3.8, 4) is 0 Å². The number of hydrogen-bond donors (Lipinski definition) is 9. The van der Waals surface area contributed by atoms with Gasteiger partial charge in [-0.05, 0) is 70.6 Å². The van der Waals surface area contributed by atoms with Crippen molar-refractivity contribution in [3.63, 3.8) is 0 Å². The van der Waals surface area contributed by atoms with E-state index in [1.165, 1.54) is 257 Å². The summed E-state index contributed by atoms with van der Waals surface area (Å²) < 4.78 is 22.8. The molecule has 0 aromatic carbocycles. The quantitative estimate of drug-likeness (QED) is 0.0204. The van der Waals surface area contributed by atoms with Crippen molar-refractivity contribution in [1.29, 1.82) is 0 Å². The number of hydrogen-bond acceptors (Lipinski definition) is 13. The van der Waals surface area contributed by atoms with E-state index in [9.17, 15) is 45.6 Å². The van der Waals surface area contributed by atoms with Crippen LogP contribution in [0.25, 0.3) is 0 Å². The Morgan fingerprint density at radius 1 is 0.389 bits per heavy atom. The molecule has 0 aromatic heterocycles. The summed E-state index contributed by atoms with van der Waals surface area (Å²) in [7, 11) is 0. The number of amides is 1. The summed E-state index contributed by atoms with van der Waals surface area (Å²) in [5.41, 5.74) is 0. The zero-order chi connectivity index (χ0) is 65.2. The van der Waals surface area contributed by atoms with Crippen LogP contribution in [0.1, 0.15) is 335 Å². The highest BCUT2D eigenvalue weighted by Crippen LogP contribution is 2.30. The summed E-state index contributed by atoms with van der Waals surface area (Å²) >= 11 is 0. The Morgan fingerprint density at radius 2 is 0.711 bits per heavy atom. The van der Waals surface area contributed by atoms with Gasteiger partial charge in [0.1, 0.15) is 48.8 Å². The van der Waals surface area contributed by atoms with Crippen LogP contribution in [0.5, 0.6) is 0 Å². The normalized spacial score (nSPS) is 23.1. The highest BCUT2D eigenvalue weighted by molar-refractivity contribution is 5.76. The van der Waals surface area contributed by atoms with E-state index in [2.05, 4.69) is 55.6 Å². The van der Waals surface area contributed by atoms with Crippen LogP contribution in [-0.4, -0.2) is 140 Å². The van der Waals surface area contributed by atoms with E-state index >= 15 is 0 Å². The molecular weight excluding hydrogens is 1130 g/mol. The number of carbonyl (C=O) groups excluding carboxylic acids is 1. The molecule has 0 aliphatic carbocycles. The minimum absolute atomic E-state index is 0.248. The second kappa shape index (κ2) is 60.6. The number of unbranched alkanes of at least 4 members (excludes halogenated alkanes) is 44. The Balaban J connectivity index is 1.57. The van der Waals surface area contributed by atoms with E-state index in [1.807, 2.05) is 6.08 Å². The molecule has 528 valence electrons. The molecule has 2 rings (SSSR count). The first-order chi connectivity index (χ1) is 44.1. The summed E-state index contributed by atoms with van der Waals surface area (Å²) in [6, 6.07) is -0.938. The number of rotatable bonds is 63. The number of ether oxygens (including phenoxy) is 4. The van der Waals surface area contributed by atoms with Crippen molar-refractivity contribution in [2.45, 2.75) is 408 Å². The third kappa shape index (κ3) is 43.8. The van der Waals surface area contributed by atoms with E-state index in [0.717, 1.165) is 44.9 Å². The SMILES string of the molecule is CCCCCCCCC/C=C/CC/C=C/CC/C=C/C(O)C(COC1OC(CO)C(OC2OC(CO)C(O)C(O)C2O)C(O)C1O)NC(=O)CCCCCCCCCCCCCCCCCCCCCCCCCCCCC/C=C\CCCCCCCCCC. The lowest BCUT2D eigenvalue weighted by Gasteiger charge is -2.46. The lowest BCUT2D eigenvalue weighted by molar-refractivity contribution is -0.359. The minimum atomic E-state index is -1.79. The van der Waals surface area contributed by atoms with Gasteiger partial charge in [-0.1, -0.05) is 306 Å². The Bertz CT molecular complexity index is 1690. The van der Waals surface area contributed by atoms with Gasteiger partial charge in [0.15, 0.2) is 12.6 Å². The topological polar surface area (TPSA) is 228 Å². The third-order valence-electron chi connectivity index (χ3n) is 18.5. The van der Waals surface area contributed by atoms with Crippen molar-refractivity contribution in [1.82, 2.24) is 5.32 Å². The molecule has 0 radical (unpaired) electrons. The van der Waals surface area contributed by atoms with Gasteiger partial charge >= 0.3 is 0 Å². The number of aliphatic hydroxyl groups excluding tert-OH is 8. The first kappa shape index (κ1) is 84.0. The van der Waals surface area contributed by atoms with Crippen molar-refractivity contribution < 1.29 is 64.6 Å². The zero-order valence-electron chi connectivity index (χ0n) is 57.6. The van der Waals surface area contributed by atoms with Crippen LogP contribution in [0.2, 0.25) is 0 Å². The van der Waals surface area contributed by atoms with E-state index in [4.69, 9.17) is 18.9 Å². The fraction of sp³-hybridized carbons (Fsp3) is 0.882. The van der Waals surface area contributed by atoms with E-state index in [1.54, 1.807) is 6.08 Å². The number of nitrogens with one attached hydrogen (secondary N) is 1. The maximum atomic E-state index is 13.3. The molecule has 9 N–H and O–H groups in total. The molecule has 2 saturated heterocycles. The number of aliphatic hydroxyl groups is 8. The predicted octanol–water partition coefficient (Wildman–Crippen LogP) is 16.2. The van der Waals surface area contributed by atoms with Crippen LogP contribution in [-0.2, 0) is 23.7 Å². The maximum Gasteiger partial charge on any atom is 0.220 e. The fourth-order valence-corrected chi connectivity index (χ4v) is 12.4. The molecule has 14 nitrogen and oxygen atoms in total. The van der Waals surface area contributed by atoms with Crippen molar-refractivity contribution in [2.24, 2.45) is 0 Å². The molecule has 2 aliphatic heterocycles. The summed E-state index contributed by atoms with van der Waals surface area (Å²) in [5.74, 6) is -0.248. The molecule has 1 amide bonds. The van der Waals surface area contributed by atoms with Gasteiger partial charge in [-0.15, -0.1) is 0 Å². The molecule has 14 heteroatoms. The Hall–Kier alpha value is -2.05. The Kier molecular flexibility index (Phi) is 56.6. The van der Waals surface area contributed by atoms with Crippen molar-refractivity contribution in [2.75, 3.05) is 19.8 Å². The van der Waals surface area contributed by atoms with Gasteiger partial charge in [0, 0.05) is 6.42 Å². The van der Waals surface area contributed by atoms with Gasteiger partial charge < -0.3 is 65.1 Å². The molecule has 90 heavy (non-hydrogen) atoms. The largest absolute Gasteiger partial charge is 0.394 e. The smallest absolute Gasteiger partial charge is 0.220 e. The lowest BCUT2D eigenvalue weighted by Crippen LogP contribution is -2.65. The van der Waals surface area contributed by atoms with Crippen molar-refractivity contribution in [3.05, 3.63) is 48.6 Å². The predicted molar refractivity (Wildman–Crippen MR) is 369 cm³/mol. The first-order valence-corrected chi connectivity index (χ1v) is 37.9. The van der Waals surface area contributed by atoms with E-state index < -0.39 is 86.8 Å². The van der Waals surface area contributed by atoms with Gasteiger partial charge in [0.2, 0.25) is 5.91 Å². The van der Waals surface area contributed by atoms with Crippen LogP contribution >= 0.6 is 0 Å². The van der Waals surface area contributed by atoms with Crippen LogP contribution in [0.4, 0.5) is 0 Å². The van der Waals surface area contributed by atoms with Crippen LogP contribution in [0.3, 0.4) is 0 Å². The first-order valence-electron chi connectivity index (χ1n) is 37.9. The van der Waals surface area contributed by atoms with E-state index in [0.29, 0.717) is 12.8 Å². The Labute approximate surface area is 550 Å². The van der Waals surface area contributed by atoms with Gasteiger partial charge in [0.05, 0.1) is 32.0 Å². The standard InChI is InChI=1S/C76H141NO13/c1-3-5-7-9-11-13-15-17-19-21-22-23-24-25-26-27-28-29-30-31-32-33-34-35-36-37-38-39-40-41-42-44-46-48-50-52-54-56-58-60-68(81)77-64(65(80)59-57-55-53-51-49-47-45-43-20-18-16-14-12-10-8-6-4-2)63-87-75-73(86)71(84)74(67(62-79)89-75)90-76-72(85)70(83)69(82)66(61-78)88-76/h20-22,43,49,51,57,59,64-67,69-76,78-80,82-86H,3-19,23-42,44-48,50,52-56,58,60-63H2,1-2H3,(H,77,81)/b22-21-,43-20+,51-49+,59-57+. The molecule has 12 atom stereocenters. The molecule has 0 saturated carbocycles. The second-order valence-corrected chi connectivity index (χ2v) is 26.8. The van der Waals surface area contributed by atoms with Crippen LogP contribution in [0, 0.1) is 0 Å². The second-order valence-electron chi connectivity index (χ2n) is 26.8. The van der Waals surface area contributed by atoms with Gasteiger partial charge in [-0.2, -0.15) is 0 Å². The molecule has 0 bridgehead atoms. The monoisotopic (exact) mass is 1280 g/mol. The summed E-state index contributed by atoms with van der Waals surface area (Å²) in [4.78, 5) is 13.3. The molecule has 0 spiro atoms. The lowest BCUT2D eigenvalue weighted by atomic mass is 9.97. The van der Waals surface area contributed by atoms with Crippen molar-refractivity contribution >= 4 is 5.91 Å². The molecule has 0 aromatic rings. The van der Waals surface area contributed by atoms with Crippen LogP contribution in [0.15, 0.2) is 48.6 Å². The molecule has 2 aliphatic rings. The molecule has 2 heterocycles. The highest BCUT2D eigenvalue weighted by Gasteiger charge is 2.51. The van der Waals surface area contributed by atoms with Gasteiger partial charge in [0.25, 0.3) is 0 Å². The average Bonchev–Trinajstić information content (AvgIpc) is 2.47. The average molecular weight is 1280 g/mol. The number of carbonyl (C=O) groups is 1. The molecule has 12 unspecified atom stereocenters. The molecule has 2 fully saturated rings. The Morgan fingerprint density at radius 3 is 1.09 bits per heavy atom. The zero-order valence-corrected chi connectivity index (χ0v) is 57.6. The number of allylic oxidation sites excluding steroid dienone is 7.